The first-order valence-electron chi connectivity index (χ1n) is 9.47. The van der Waals surface area contributed by atoms with E-state index in [-0.39, 0.29) is 23.9 Å². The fourth-order valence-electron chi connectivity index (χ4n) is 3.05. The van der Waals surface area contributed by atoms with Crippen LogP contribution in [0.15, 0.2) is 76.6 Å². The summed E-state index contributed by atoms with van der Waals surface area (Å²) in [6.45, 7) is 5.27. The van der Waals surface area contributed by atoms with Gasteiger partial charge in [0.1, 0.15) is 12.4 Å². The van der Waals surface area contributed by atoms with Crippen molar-refractivity contribution in [1.29, 1.82) is 0 Å². The van der Waals surface area contributed by atoms with Crippen LogP contribution in [0.3, 0.4) is 0 Å². The number of rotatable bonds is 7. The number of nitrogens with zero attached hydrogens (tertiary/aromatic N) is 2. The highest BCUT2D eigenvalue weighted by Crippen LogP contribution is 2.25. The second-order valence-electron chi connectivity index (χ2n) is 6.66. The third kappa shape index (κ3) is 5.38. The number of carbonyl (C=O) groups is 1. The van der Waals surface area contributed by atoms with Crippen LogP contribution in [0.2, 0.25) is 0 Å². The number of hydrogen-bond acceptors (Lipinski definition) is 4. The van der Waals surface area contributed by atoms with Crippen molar-refractivity contribution >= 4 is 37.9 Å². The Kier molecular flexibility index (Phi) is 7.47. The van der Waals surface area contributed by atoms with Crippen LogP contribution in [-0.4, -0.2) is 56.3 Å². The molecule has 0 aliphatic carbocycles. The molecule has 0 saturated carbocycles. The highest BCUT2D eigenvalue weighted by molar-refractivity contribution is 9.10. The molecule has 0 atom stereocenters. The summed E-state index contributed by atoms with van der Waals surface area (Å²) in [5.74, 6) is 0.598. The Bertz CT molecular complexity index is 1030. The maximum Gasteiger partial charge on any atom is 0.246 e. The van der Waals surface area contributed by atoms with Gasteiger partial charge in [0.25, 0.3) is 0 Å². The molecule has 2 aromatic rings. The third-order valence-electron chi connectivity index (χ3n) is 4.67. The van der Waals surface area contributed by atoms with E-state index in [2.05, 4.69) is 22.5 Å². The lowest BCUT2D eigenvalue weighted by Gasteiger charge is -2.33. The van der Waals surface area contributed by atoms with Crippen LogP contribution < -0.4 is 4.74 Å². The number of sulfonamides is 1. The van der Waals surface area contributed by atoms with Gasteiger partial charge in [-0.15, -0.1) is 0 Å². The lowest BCUT2D eigenvalue weighted by atomic mass is 10.2. The highest BCUT2D eigenvalue weighted by Gasteiger charge is 2.30. The summed E-state index contributed by atoms with van der Waals surface area (Å²) in [6.07, 6.45) is 4.93. The van der Waals surface area contributed by atoms with Crippen molar-refractivity contribution in [2.45, 2.75) is 4.90 Å². The number of hydrogen-bond donors (Lipinski definition) is 0. The molecule has 0 radical (unpaired) electrons. The summed E-state index contributed by atoms with van der Waals surface area (Å²) in [5, 5.41) is 0. The van der Waals surface area contributed by atoms with E-state index in [1.165, 1.54) is 10.4 Å². The van der Waals surface area contributed by atoms with Gasteiger partial charge in [-0.1, -0.05) is 36.9 Å². The van der Waals surface area contributed by atoms with Crippen LogP contribution in [0.5, 0.6) is 5.75 Å². The van der Waals surface area contributed by atoms with Crippen LogP contribution in [0, 0.1) is 0 Å². The summed E-state index contributed by atoms with van der Waals surface area (Å²) in [4.78, 5) is 14.4. The largest absolute Gasteiger partial charge is 0.490 e. The number of ether oxygens (including phenoxy) is 1. The SMILES string of the molecule is C=CCOc1ccc(/C=C/C(=O)N2CCN(S(=O)(=O)c3ccccc3Br)CC2)cc1. The van der Waals surface area contributed by atoms with Crippen LogP contribution in [-0.2, 0) is 14.8 Å². The van der Waals surface area contributed by atoms with Gasteiger partial charge in [0.2, 0.25) is 15.9 Å². The molecule has 8 heteroatoms. The van der Waals surface area contributed by atoms with Gasteiger partial charge >= 0.3 is 0 Å². The molecule has 1 amide bonds. The maximum absolute atomic E-state index is 12.9. The van der Waals surface area contributed by atoms with Crippen molar-refractivity contribution in [3.05, 3.63) is 77.3 Å². The topological polar surface area (TPSA) is 66.9 Å². The van der Waals surface area contributed by atoms with Gasteiger partial charge in [-0.2, -0.15) is 4.31 Å². The number of carbonyl (C=O) groups excluding carboxylic acids is 1. The Morgan fingerprint density at radius 3 is 2.37 bits per heavy atom. The van der Waals surface area contributed by atoms with E-state index in [1.807, 2.05) is 24.3 Å². The molecule has 0 aromatic heterocycles. The van der Waals surface area contributed by atoms with Gasteiger partial charge in [-0.3, -0.25) is 4.79 Å². The van der Waals surface area contributed by atoms with Crippen LogP contribution in [0.25, 0.3) is 6.08 Å². The van der Waals surface area contributed by atoms with Crippen molar-refractivity contribution < 1.29 is 17.9 Å². The van der Waals surface area contributed by atoms with Crippen LogP contribution >= 0.6 is 15.9 Å². The van der Waals surface area contributed by atoms with E-state index in [0.29, 0.717) is 24.2 Å². The third-order valence-corrected chi connectivity index (χ3v) is 7.58. The molecule has 1 saturated heterocycles. The molecule has 158 valence electrons. The summed E-state index contributed by atoms with van der Waals surface area (Å²) in [6, 6.07) is 14.1. The molecule has 1 heterocycles. The van der Waals surface area contributed by atoms with Gasteiger partial charge in [0.05, 0.1) is 4.90 Å². The standard InChI is InChI=1S/C22H23BrN2O4S/c1-2-17-29-19-10-7-18(8-11-19)9-12-22(26)24-13-15-25(16-14-24)30(27,28)21-6-4-3-5-20(21)23/h2-12H,1,13-17H2/b12-9+. The first-order chi connectivity index (χ1) is 14.4. The average molecular weight is 491 g/mol. The minimum atomic E-state index is -3.60. The van der Waals surface area contributed by atoms with Crippen molar-refractivity contribution in [3.63, 3.8) is 0 Å². The molecule has 0 N–H and O–H groups in total. The quantitative estimate of drug-likeness (QED) is 0.439. The van der Waals surface area contributed by atoms with Crippen molar-refractivity contribution in [2.75, 3.05) is 32.8 Å². The monoisotopic (exact) mass is 490 g/mol. The first kappa shape index (κ1) is 22.3. The van der Waals surface area contributed by atoms with Gasteiger partial charge in [0, 0.05) is 36.7 Å². The lowest BCUT2D eigenvalue weighted by molar-refractivity contribution is -0.127. The summed E-state index contributed by atoms with van der Waals surface area (Å²) in [7, 11) is -3.60. The normalized spacial score (nSPS) is 15.3. The summed E-state index contributed by atoms with van der Waals surface area (Å²) < 4.78 is 33.1. The lowest BCUT2D eigenvalue weighted by Crippen LogP contribution is -2.50. The molecule has 2 aromatic carbocycles. The molecule has 0 spiro atoms. The Hall–Kier alpha value is -2.42. The van der Waals surface area contributed by atoms with E-state index in [4.69, 9.17) is 4.74 Å². The van der Waals surface area contributed by atoms with Gasteiger partial charge in [0.15, 0.2) is 0 Å². The van der Waals surface area contributed by atoms with Crippen molar-refractivity contribution in [1.82, 2.24) is 9.21 Å². The zero-order valence-corrected chi connectivity index (χ0v) is 18.8. The second-order valence-corrected chi connectivity index (χ2v) is 9.42. The van der Waals surface area contributed by atoms with Crippen molar-refractivity contribution in [3.8, 4) is 5.75 Å². The molecule has 0 unspecified atom stereocenters. The fourth-order valence-corrected chi connectivity index (χ4v) is 5.43. The predicted molar refractivity (Wildman–Crippen MR) is 121 cm³/mol. The molecule has 1 aliphatic rings. The highest BCUT2D eigenvalue weighted by atomic mass is 79.9. The molecule has 30 heavy (non-hydrogen) atoms. The maximum atomic E-state index is 12.9. The van der Waals surface area contributed by atoms with Crippen LogP contribution in [0.1, 0.15) is 5.56 Å². The second kappa shape index (κ2) is 10.1. The van der Waals surface area contributed by atoms with E-state index >= 15 is 0 Å². The molecule has 3 rings (SSSR count). The fraction of sp³-hybridized carbons (Fsp3) is 0.227. The molecular weight excluding hydrogens is 468 g/mol. The Morgan fingerprint density at radius 2 is 1.73 bits per heavy atom. The minimum Gasteiger partial charge on any atom is -0.490 e. The van der Waals surface area contributed by atoms with Crippen LogP contribution in [0.4, 0.5) is 0 Å². The minimum absolute atomic E-state index is 0.139. The Labute approximate surface area is 185 Å². The van der Waals surface area contributed by atoms with Gasteiger partial charge in [-0.05, 0) is 51.8 Å². The van der Waals surface area contributed by atoms with E-state index in [9.17, 15) is 13.2 Å². The summed E-state index contributed by atoms with van der Waals surface area (Å²) >= 11 is 3.30. The number of halogens is 1. The van der Waals surface area contributed by atoms with E-state index < -0.39 is 10.0 Å². The average Bonchev–Trinajstić information content (AvgIpc) is 2.77. The molecule has 1 fully saturated rings. The zero-order chi connectivity index (χ0) is 21.6. The summed E-state index contributed by atoms with van der Waals surface area (Å²) in [5.41, 5.74) is 0.879. The Morgan fingerprint density at radius 1 is 1.07 bits per heavy atom. The number of benzene rings is 2. The number of amides is 1. The molecule has 1 aliphatic heterocycles. The molecular formula is C22H23BrN2O4S. The van der Waals surface area contributed by atoms with Crippen molar-refractivity contribution in [2.24, 2.45) is 0 Å². The molecule has 0 bridgehead atoms. The predicted octanol–water partition coefficient (Wildman–Crippen LogP) is 3.56. The zero-order valence-electron chi connectivity index (χ0n) is 16.4. The van der Waals surface area contributed by atoms with Gasteiger partial charge in [-0.25, -0.2) is 8.42 Å². The van der Waals surface area contributed by atoms with E-state index in [1.54, 1.807) is 41.3 Å². The van der Waals surface area contributed by atoms with E-state index in [0.717, 1.165) is 11.3 Å². The van der Waals surface area contributed by atoms with Gasteiger partial charge < -0.3 is 9.64 Å². The first-order valence-corrected chi connectivity index (χ1v) is 11.7. The molecule has 6 nitrogen and oxygen atoms in total. The number of piperazine rings is 1. The Balaban J connectivity index is 1.57. The smallest absolute Gasteiger partial charge is 0.246 e.